The Hall–Kier alpha value is -1.94. The van der Waals surface area contributed by atoms with E-state index in [4.69, 9.17) is 0 Å². The molecule has 35 heavy (non-hydrogen) atoms. The molecule has 3 unspecified atom stereocenters. The van der Waals surface area contributed by atoms with Gasteiger partial charge in [0.25, 0.3) is 5.91 Å². The number of benzene rings is 1. The van der Waals surface area contributed by atoms with Crippen molar-refractivity contribution in [3.63, 3.8) is 0 Å². The van der Waals surface area contributed by atoms with Crippen molar-refractivity contribution in [2.75, 3.05) is 13.6 Å². The highest BCUT2D eigenvalue weighted by molar-refractivity contribution is 9.10. The van der Waals surface area contributed by atoms with Gasteiger partial charge in [-0.05, 0) is 79.9 Å². The zero-order chi connectivity index (χ0) is 26.1. The molecular formula is C31H45BrN2O. The molecule has 1 amide bonds. The summed E-state index contributed by atoms with van der Waals surface area (Å²) in [5.41, 5.74) is 6.45. The predicted molar refractivity (Wildman–Crippen MR) is 155 cm³/mol. The third kappa shape index (κ3) is 7.52. The van der Waals surface area contributed by atoms with Gasteiger partial charge in [-0.1, -0.05) is 81.6 Å². The minimum Gasteiger partial charge on any atom is -0.331 e. The monoisotopic (exact) mass is 540 g/mol. The highest BCUT2D eigenvalue weighted by atomic mass is 79.9. The lowest BCUT2D eigenvalue weighted by atomic mass is 9.84. The molecule has 1 aliphatic rings. The Kier molecular flexibility index (Phi) is 11.7. The Labute approximate surface area is 222 Å². The molecule has 3 atom stereocenters. The number of nitrogens with zero attached hydrogens (tertiary/aromatic N) is 2. The van der Waals surface area contributed by atoms with Crippen LogP contribution in [0.5, 0.6) is 0 Å². The number of hydrogen-bond donors (Lipinski definition) is 0. The molecule has 0 saturated heterocycles. The van der Waals surface area contributed by atoms with E-state index in [1.54, 1.807) is 7.05 Å². The van der Waals surface area contributed by atoms with Crippen molar-refractivity contribution in [3.8, 4) is 0 Å². The Morgan fingerprint density at radius 3 is 2.57 bits per heavy atom. The molecule has 0 bridgehead atoms. The van der Waals surface area contributed by atoms with Gasteiger partial charge in [-0.2, -0.15) is 0 Å². The molecule has 0 aromatic heterocycles. The Bertz CT molecular complexity index is 988. The number of carbonyl (C=O) groups excluding carboxylic acids is 1. The first-order chi connectivity index (χ1) is 16.7. The fourth-order valence-electron chi connectivity index (χ4n) is 4.68. The number of hydrogen-bond acceptors (Lipinski definition) is 2. The second-order valence-electron chi connectivity index (χ2n) is 10.1. The molecule has 2 rings (SSSR count). The van der Waals surface area contributed by atoms with Gasteiger partial charge in [-0.25, -0.2) is 0 Å². The second kappa shape index (κ2) is 14.0. The molecule has 1 aromatic carbocycles. The van der Waals surface area contributed by atoms with Gasteiger partial charge < -0.3 is 4.90 Å². The molecule has 1 heterocycles. The zero-order valence-corrected chi connectivity index (χ0v) is 24.5. The maximum absolute atomic E-state index is 13.8. The van der Waals surface area contributed by atoms with Crippen molar-refractivity contribution in [2.24, 2.45) is 16.8 Å². The minimum absolute atomic E-state index is 0.0809. The number of allylic oxidation sites excluding steroid dienone is 2. The number of carbonyl (C=O) groups is 1. The quantitative estimate of drug-likeness (QED) is 0.258. The molecule has 0 radical (unpaired) electrons. The van der Waals surface area contributed by atoms with Crippen molar-refractivity contribution in [1.29, 1.82) is 0 Å². The van der Waals surface area contributed by atoms with Gasteiger partial charge in [-0.15, -0.1) is 0 Å². The van der Waals surface area contributed by atoms with E-state index in [1.807, 2.05) is 18.2 Å². The summed E-state index contributed by atoms with van der Waals surface area (Å²) in [6.07, 6.45) is 10.5. The summed E-state index contributed by atoms with van der Waals surface area (Å²) in [6.45, 7) is 18.6. The van der Waals surface area contributed by atoms with E-state index in [0.29, 0.717) is 17.4 Å². The van der Waals surface area contributed by atoms with Crippen LogP contribution in [0, 0.1) is 11.8 Å². The standard InChI is InChI=1S/C31H45BrN2O/c1-9-21(4)12-14-23(6)30-24(7)18-19-34(29(30)11-3)31(35)25-15-16-27(32)26(20-25)28(33-8)17-13-22(5)10-2/h13,15-17,20-22,29H,6,9-12,14,18-19H2,1-5,7-8H3/b17-13-,33-28?. The van der Waals surface area contributed by atoms with Crippen LogP contribution >= 0.6 is 15.9 Å². The second-order valence-corrected chi connectivity index (χ2v) is 10.9. The van der Waals surface area contributed by atoms with Gasteiger partial charge in [0, 0.05) is 29.2 Å². The lowest BCUT2D eigenvalue weighted by Crippen LogP contribution is -2.45. The highest BCUT2D eigenvalue weighted by Gasteiger charge is 2.32. The van der Waals surface area contributed by atoms with E-state index in [9.17, 15) is 4.79 Å². The van der Waals surface area contributed by atoms with Crippen LogP contribution < -0.4 is 0 Å². The Morgan fingerprint density at radius 1 is 1.26 bits per heavy atom. The van der Waals surface area contributed by atoms with E-state index in [1.165, 1.54) is 23.1 Å². The van der Waals surface area contributed by atoms with E-state index < -0.39 is 0 Å². The normalized spacial score (nSPS) is 18.8. The molecule has 0 aliphatic carbocycles. The summed E-state index contributed by atoms with van der Waals surface area (Å²) in [4.78, 5) is 20.4. The molecule has 0 fully saturated rings. The van der Waals surface area contributed by atoms with E-state index in [0.717, 1.165) is 54.4 Å². The third-order valence-electron chi connectivity index (χ3n) is 7.52. The van der Waals surface area contributed by atoms with Crippen molar-refractivity contribution in [3.05, 3.63) is 69.2 Å². The summed E-state index contributed by atoms with van der Waals surface area (Å²) >= 11 is 3.68. The van der Waals surface area contributed by atoms with Crippen LogP contribution in [0.2, 0.25) is 0 Å². The van der Waals surface area contributed by atoms with Crippen LogP contribution in [-0.4, -0.2) is 36.2 Å². The summed E-state index contributed by atoms with van der Waals surface area (Å²) < 4.78 is 0.948. The van der Waals surface area contributed by atoms with Crippen LogP contribution in [-0.2, 0) is 0 Å². The molecule has 192 valence electrons. The van der Waals surface area contributed by atoms with Crippen LogP contribution in [0.15, 0.2) is 63.1 Å². The van der Waals surface area contributed by atoms with Crippen molar-refractivity contribution in [1.82, 2.24) is 4.90 Å². The minimum atomic E-state index is 0.0809. The average Bonchev–Trinajstić information content (AvgIpc) is 2.87. The molecular weight excluding hydrogens is 496 g/mol. The molecule has 0 saturated carbocycles. The van der Waals surface area contributed by atoms with E-state index in [-0.39, 0.29) is 11.9 Å². The predicted octanol–water partition coefficient (Wildman–Crippen LogP) is 8.79. The summed E-state index contributed by atoms with van der Waals surface area (Å²) in [7, 11) is 1.81. The Balaban J connectivity index is 2.35. The lowest BCUT2D eigenvalue weighted by molar-refractivity contribution is 0.0691. The molecule has 3 nitrogen and oxygen atoms in total. The van der Waals surface area contributed by atoms with Gasteiger partial charge in [0.1, 0.15) is 0 Å². The fraction of sp³-hybridized carbons (Fsp3) is 0.548. The van der Waals surface area contributed by atoms with Gasteiger partial charge in [0.05, 0.1) is 11.8 Å². The topological polar surface area (TPSA) is 32.7 Å². The van der Waals surface area contributed by atoms with Crippen LogP contribution in [0.25, 0.3) is 0 Å². The highest BCUT2D eigenvalue weighted by Crippen LogP contribution is 2.34. The number of aliphatic imine (C=N–C) groups is 1. The van der Waals surface area contributed by atoms with Crippen LogP contribution in [0.3, 0.4) is 0 Å². The van der Waals surface area contributed by atoms with Crippen molar-refractivity contribution < 1.29 is 4.79 Å². The third-order valence-corrected chi connectivity index (χ3v) is 8.21. The average molecular weight is 542 g/mol. The SMILES string of the molecule is C=C(CCC(C)CC)C1=C(C)CCN(C(=O)c2ccc(Br)c(C(/C=C\C(C)CC)=NC)c2)C1CC. The molecule has 0 N–H and O–H groups in total. The van der Waals surface area contributed by atoms with Crippen LogP contribution in [0.1, 0.15) is 96.0 Å². The lowest BCUT2D eigenvalue weighted by Gasteiger charge is -2.39. The first kappa shape index (κ1) is 29.3. The smallest absolute Gasteiger partial charge is 0.254 e. The van der Waals surface area contributed by atoms with Gasteiger partial charge in [0.2, 0.25) is 0 Å². The molecule has 1 aromatic rings. The molecule has 0 spiro atoms. The molecule has 1 aliphatic heterocycles. The summed E-state index contributed by atoms with van der Waals surface area (Å²) in [6, 6.07) is 5.97. The Morgan fingerprint density at radius 2 is 1.97 bits per heavy atom. The van der Waals surface area contributed by atoms with E-state index >= 15 is 0 Å². The maximum Gasteiger partial charge on any atom is 0.254 e. The van der Waals surface area contributed by atoms with Crippen LogP contribution in [0.4, 0.5) is 0 Å². The number of rotatable bonds is 11. The number of halogens is 1. The summed E-state index contributed by atoms with van der Waals surface area (Å²) in [5.74, 6) is 1.27. The maximum atomic E-state index is 13.8. The first-order valence-electron chi connectivity index (χ1n) is 13.3. The molecule has 4 heteroatoms. The van der Waals surface area contributed by atoms with Gasteiger partial charge >= 0.3 is 0 Å². The van der Waals surface area contributed by atoms with Crippen molar-refractivity contribution >= 4 is 27.5 Å². The fourth-order valence-corrected chi connectivity index (χ4v) is 5.13. The van der Waals surface area contributed by atoms with Gasteiger partial charge in [-0.3, -0.25) is 9.79 Å². The number of amides is 1. The first-order valence-corrected chi connectivity index (χ1v) is 14.1. The zero-order valence-electron chi connectivity index (χ0n) is 23.0. The van der Waals surface area contributed by atoms with Crippen molar-refractivity contribution in [2.45, 2.75) is 86.1 Å². The largest absolute Gasteiger partial charge is 0.331 e. The summed E-state index contributed by atoms with van der Waals surface area (Å²) in [5, 5.41) is 0. The van der Waals surface area contributed by atoms with Gasteiger partial charge in [0.15, 0.2) is 0 Å². The van der Waals surface area contributed by atoms with E-state index in [2.05, 4.69) is 86.1 Å².